The maximum absolute atomic E-state index is 12.1. The van der Waals surface area contributed by atoms with Crippen molar-refractivity contribution >= 4 is 36.0 Å². The summed E-state index contributed by atoms with van der Waals surface area (Å²) < 4.78 is 0. The standard InChI is InChI=1S/C16H15BN2O2/c1-8-11-4-3-10(17)7-13(11)18-9(2)15(8)12-5-6-14(20)19-16(12)21/h3-4,7,12H,5-6H2,1-2H3,(H,19,20,21). The molecule has 3 rings (SSSR count). The van der Waals surface area contributed by atoms with Crippen LogP contribution in [-0.4, -0.2) is 24.6 Å². The number of imide groups is 1. The summed E-state index contributed by atoms with van der Waals surface area (Å²) >= 11 is 0. The summed E-state index contributed by atoms with van der Waals surface area (Å²) in [6.45, 7) is 3.89. The van der Waals surface area contributed by atoms with E-state index in [2.05, 4.69) is 10.3 Å². The van der Waals surface area contributed by atoms with Crippen LogP contribution in [0.25, 0.3) is 10.9 Å². The van der Waals surface area contributed by atoms with Crippen LogP contribution >= 0.6 is 0 Å². The van der Waals surface area contributed by atoms with Crippen molar-refractivity contribution in [2.45, 2.75) is 32.6 Å². The fourth-order valence-corrected chi connectivity index (χ4v) is 3.10. The summed E-state index contributed by atoms with van der Waals surface area (Å²) in [6, 6.07) is 5.60. The summed E-state index contributed by atoms with van der Waals surface area (Å²) in [4.78, 5) is 28.0. The minimum absolute atomic E-state index is 0.201. The van der Waals surface area contributed by atoms with Crippen molar-refractivity contribution < 1.29 is 9.59 Å². The number of nitrogens with zero attached hydrogens (tertiary/aromatic N) is 1. The molecule has 4 nitrogen and oxygen atoms in total. The molecule has 1 aromatic heterocycles. The number of aromatic nitrogens is 1. The highest BCUT2D eigenvalue weighted by Gasteiger charge is 2.31. The molecule has 0 saturated carbocycles. The number of aryl methyl sites for hydroxylation is 2. The number of fused-ring (bicyclic) bond motifs is 1. The molecule has 21 heavy (non-hydrogen) atoms. The van der Waals surface area contributed by atoms with E-state index in [0.717, 1.165) is 27.7 Å². The van der Waals surface area contributed by atoms with Crippen molar-refractivity contribution in [3.05, 3.63) is 35.0 Å². The molecule has 1 atom stereocenters. The van der Waals surface area contributed by atoms with E-state index in [1.54, 1.807) is 0 Å². The number of carbonyl (C=O) groups is 2. The largest absolute Gasteiger partial charge is 0.296 e. The molecule has 2 radical (unpaired) electrons. The van der Waals surface area contributed by atoms with E-state index in [9.17, 15) is 9.59 Å². The van der Waals surface area contributed by atoms with Crippen molar-refractivity contribution in [2.75, 3.05) is 0 Å². The minimum Gasteiger partial charge on any atom is -0.296 e. The van der Waals surface area contributed by atoms with Crippen molar-refractivity contribution in [1.82, 2.24) is 10.3 Å². The molecule has 1 unspecified atom stereocenters. The molecule has 0 spiro atoms. The highest BCUT2D eigenvalue weighted by Crippen LogP contribution is 2.32. The number of piperidine rings is 1. The Balaban J connectivity index is 2.16. The van der Waals surface area contributed by atoms with Crippen LogP contribution in [0, 0.1) is 13.8 Å². The van der Waals surface area contributed by atoms with E-state index >= 15 is 0 Å². The number of amides is 2. The molecule has 104 valence electrons. The number of hydrogen-bond donors (Lipinski definition) is 1. The van der Waals surface area contributed by atoms with Gasteiger partial charge in [0.2, 0.25) is 11.8 Å². The molecule has 1 saturated heterocycles. The predicted molar refractivity (Wildman–Crippen MR) is 81.7 cm³/mol. The van der Waals surface area contributed by atoms with Gasteiger partial charge in [0, 0.05) is 17.5 Å². The topological polar surface area (TPSA) is 59.1 Å². The molecule has 2 aromatic rings. The van der Waals surface area contributed by atoms with Gasteiger partial charge in [-0.15, -0.1) is 0 Å². The molecule has 2 heterocycles. The molecule has 1 aromatic carbocycles. The highest BCUT2D eigenvalue weighted by molar-refractivity contribution is 6.33. The number of benzene rings is 1. The minimum atomic E-state index is -0.308. The summed E-state index contributed by atoms with van der Waals surface area (Å²) in [7, 11) is 5.80. The molecule has 1 N–H and O–H groups in total. The molecule has 0 bridgehead atoms. The van der Waals surface area contributed by atoms with Crippen LogP contribution < -0.4 is 10.8 Å². The zero-order chi connectivity index (χ0) is 15.1. The third-order valence-corrected chi connectivity index (χ3v) is 4.10. The third kappa shape index (κ3) is 2.33. The van der Waals surface area contributed by atoms with Crippen LogP contribution in [0.1, 0.15) is 35.6 Å². The van der Waals surface area contributed by atoms with Crippen molar-refractivity contribution in [3.8, 4) is 0 Å². The van der Waals surface area contributed by atoms with E-state index in [4.69, 9.17) is 7.85 Å². The zero-order valence-electron chi connectivity index (χ0n) is 12.1. The maximum atomic E-state index is 12.1. The van der Waals surface area contributed by atoms with E-state index < -0.39 is 0 Å². The van der Waals surface area contributed by atoms with Gasteiger partial charge in [0.15, 0.2) is 0 Å². The Labute approximate surface area is 124 Å². The summed E-state index contributed by atoms with van der Waals surface area (Å²) in [5.74, 6) is -0.737. The zero-order valence-corrected chi connectivity index (χ0v) is 12.1. The molecule has 1 fully saturated rings. The first-order valence-corrected chi connectivity index (χ1v) is 6.97. The van der Waals surface area contributed by atoms with Crippen molar-refractivity contribution in [3.63, 3.8) is 0 Å². The second-order valence-corrected chi connectivity index (χ2v) is 5.52. The maximum Gasteiger partial charge on any atom is 0.234 e. The number of pyridine rings is 1. The first-order valence-electron chi connectivity index (χ1n) is 6.97. The van der Waals surface area contributed by atoms with Gasteiger partial charge in [0.05, 0.1) is 11.4 Å². The summed E-state index contributed by atoms with van der Waals surface area (Å²) in [5, 5.41) is 3.41. The highest BCUT2D eigenvalue weighted by atomic mass is 16.2. The second kappa shape index (κ2) is 4.99. The number of nitrogens with one attached hydrogen (secondary N) is 1. The first-order chi connectivity index (χ1) is 9.97. The lowest BCUT2D eigenvalue weighted by Crippen LogP contribution is -2.40. The normalized spacial score (nSPS) is 18.9. The van der Waals surface area contributed by atoms with E-state index in [-0.39, 0.29) is 17.7 Å². The van der Waals surface area contributed by atoms with Gasteiger partial charge in [0.25, 0.3) is 0 Å². The van der Waals surface area contributed by atoms with Crippen LogP contribution in [-0.2, 0) is 9.59 Å². The Morgan fingerprint density at radius 1 is 1.29 bits per heavy atom. The Morgan fingerprint density at radius 2 is 2.05 bits per heavy atom. The lowest BCUT2D eigenvalue weighted by molar-refractivity contribution is -0.134. The predicted octanol–water partition coefficient (Wildman–Crippen LogP) is 1.17. The van der Waals surface area contributed by atoms with Gasteiger partial charge in [0.1, 0.15) is 7.85 Å². The van der Waals surface area contributed by atoms with Gasteiger partial charge in [-0.25, -0.2) is 0 Å². The smallest absolute Gasteiger partial charge is 0.234 e. The Morgan fingerprint density at radius 3 is 2.76 bits per heavy atom. The Bertz CT molecular complexity index is 770. The van der Waals surface area contributed by atoms with Crippen molar-refractivity contribution in [2.24, 2.45) is 0 Å². The number of carbonyl (C=O) groups excluding carboxylic acids is 2. The average molecular weight is 278 g/mol. The van der Waals surface area contributed by atoms with Gasteiger partial charge in [-0.3, -0.25) is 19.9 Å². The quantitative estimate of drug-likeness (QED) is 0.629. The fourth-order valence-electron chi connectivity index (χ4n) is 3.10. The van der Waals surface area contributed by atoms with Crippen molar-refractivity contribution in [1.29, 1.82) is 0 Å². The third-order valence-electron chi connectivity index (χ3n) is 4.10. The lowest BCUT2D eigenvalue weighted by atomic mass is 9.85. The van der Waals surface area contributed by atoms with Crippen LogP contribution in [0.5, 0.6) is 0 Å². The second-order valence-electron chi connectivity index (χ2n) is 5.52. The molecule has 0 aliphatic carbocycles. The van der Waals surface area contributed by atoms with Crippen LogP contribution in [0.15, 0.2) is 18.2 Å². The number of hydrogen-bond acceptors (Lipinski definition) is 3. The number of rotatable bonds is 1. The molecule has 1 aliphatic heterocycles. The van der Waals surface area contributed by atoms with E-state index in [0.29, 0.717) is 18.3 Å². The summed E-state index contributed by atoms with van der Waals surface area (Å²) in [6.07, 6.45) is 0.906. The molecule has 1 aliphatic rings. The fraction of sp³-hybridized carbons (Fsp3) is 0.312. The van der Waals surface area contributed by atoms with E-state index in [1.807, 2.05) is 32.0 Å². The van der Waals surface area contributed by atoms with Crippen LogP contribution in [0.2, 0.25) is 0 Å². The molecule has 5 heteroatoms. The van der Waals surface area contributed by atoms with Crippen LogP contribution in [0.4, 0.5) is 0 Å². The van der Waals surface area contributed by atoms with Gasteiger partial charge in [-0.2, -0.15) is 0 Å². The molecule has 2 amide bonds. The van der Waals surface area contributed by atoms with Gasteiger partial charge < -0.3 is 0 Å². The Kier molecular flexibility index (Phi) is 3.28. The SMILES string of the molecule is [B]c1ccc2c(C)c(C3CCC(=O)NC3=O)c(C)nc2c1. The molecular formula is C16H15BN2O2. The van der Waals surface area contributed by atoms with Gasteiger partial charge >= 0.3 is 0 Å². The first kappa shape index (κ1) is 13.8. The summed E-state index contributed by atoms with van der Waals surface area (Å²) in [5.41, 5.74) is 4.29. The monoisotopic (exact) mass is 278 g/mol. The van der Waals surface area contributed by atoms with Gasteiger partial charge in [-0.1, -0.05) is 17.6 Å². The average Bonchev–Trinajstić information content (AvgIpc) is 2.40. The molecular weight excluding hydrogens is 263 g/mol. The van der Waals surface area contributed by atoms with E-state index in [1.165, 1.54) is 0 Å². The van der Waals surface area contributed by atoms with Gasteiger partial charge in [-0.05, 0) is 37.5 Å². The Hall–Kier alpha value is -2.17. The lowest BCUT2D eigenvalue weighted by Gasteiger charge is -2.24. The van der Waals surface area contributed by atoms with Crippen LogP contribution in [0.3, 0.4) is 0 Å².